The van der Waals surface area contributed by atoms with E-state index >= 15 is 0 Å². The fourth-order valence-electron chi connectivity index (χ4n) is 1.97. The smallest absolute Gasteiger partial charge is 0.123 e. The van der Waals surface area contributed by atoms with Gasteiger partial charge in [0.15, 0.2) is 0 Å². The highest BCUT2D eigenvalue weighted by Gasteiger charge is 2.16. The van der Waals surface area contributed by atoms with Crippen LogP contribution in [-0.2, 0) is 0 Å². The Labute approximate surface area is 120 Å². The zero-order chi connectivity index (χ0) is 14.0. The first-order valence-corrected chi connectivity index (χ1v) is 6.59. The van der Waals surface area contributed by atoms with Crippen LogP contribution >= 0.6 is 15.9 Å². The third-order valence-electron chi connectivity index (χ3n) is 3.02. The highest BCUT2D eigenvalue weighted by atomic mass is 79.9. The van der Waals surface area contributed by atoms with Crippen molar-refractivity contribution in [1.82, 2.24) is 0 Å². The molecule has 0 amide bonds. The van der Waals surface area contributed by atoms with Crippen LogP contribution in [0.4, 0.5) is 4.39 Å². The number of hydrogen-bond acceptors (Lipinski definition) is 2. The van der Waals surface area contributed by atoms with Gasteiger partial charge in [-0.15, -0.1) is 0 Å². The van der Waals surface area contributed by atoms with Gasteiger partial charge >= 0.3 is 0 Å². The summed E-state index contributed by atoms with van der Waals surface area (Å²) in [6.07, 6.45) is -0.879. The van der Waals surface area contributed by atoms with Crippen LogP contribution in [0.25, 0.3) is 0 Å². The van der Waals surface area contributed by atoms with Gasteiger partial charge < -0.3 is 9.84 Å². The van der Waals surface area contributed by atoms with Gasteiger partial charge in [-0.1, -0.05) is 22.0 Å². The summed E-state index contributed by atoms with van der Waals surface area (Å²) in [5.74, 6) is 0.357. The van der Waals surface area contributed by atoms with Crippen molar-refractivity contribution in [3.05, 3.63) is 63.4 Å². The first-order valence-electron chi connectivity index (χ1n) is 5.80. The lowest BCUT2D eigenvalue weighted by atomic mass is 9.97. The minimum atomic E-state index is -0.879. The van der Waals surface area contributed by atoms with Crippen molar-refractivity contribution in [3.8, 4) is 5.75 Å². The van der Waals surface area contributed by atoms with Gasteiger partial charge in [-0.25, -0.2) is 4.39 Å². The topological polar surface area (TPSA) is 29.5 Å². The molecule has 1 unspecified atom stereocenters. The van der Waals surface area contributed by atoms with Gasteiger partial charge in [0.25, 0.3) is 0 Å². The summed E-state index contributed by atoms with van der Waals surface area (Å²) in [4.78, 5) is 0. The predicted molar refractivity (Wildman–Crippen MR) is 75.9 cm³/mol. The molecular weight excluding hydrogens is 311 g/mol. The Bertz CT molecular complexity index is 599. The minimum Gasteiger partial charge on any atom is -0.497 e. The molecule has 100 valence electrons. The molecule has 4 heteroatoms. The standard InChI is InChI=1S/C15H14BrFO2/c1-9-7-11(19-2)4-5-12(9)15(18)13-8-10(17)3-6-14(13)16/h3-8,15,18H,1-2H3. The summed E-state index contributed by atoms with van der Waals surface area (Å²) < 4.78 is 19.1. The number of aliphatic hydroxyl groups is 1. The van der Waals surface area contributed by atoms with Crippen LogP contribution in [0.5, 0.6) is 5.75 Å². The first kappa shape index (κ1) is 14.0. The van der Waals surface area contributed by atoms with Gasteiger partial charge in [-0.3, -0.25) is 0 Å². The van der Waals surface area contributed by atoms with Crippen molar-refractivity contribution in [2.75, 3.05) is 7.11 Å². The number of benzene rings is 2. The van der Waals surface area contributed by atoms with E-state index in [1.54, 1.807) is 25.3 Å². The Kier molecular flexibility index (Phi) is 4.22. The van der Waals surface area contributed by atoms with Gasteiger partial charge in [-0.05, 0) is 48.4 Å². The second-order valence-corrected chi connectivity index (χ2v) is 5.15. The highest BCUT2D eigenvalue weighted by molar-refractivity contribution is 9.10. The van der Waals surface area contributed by atoms with Crippen molar-refractivity contribution in [2.45, 2.75) is 13.0 Å². The zero-order valence-corrected chi connectivity index (χ0v) is 12.2. The van der Waals surface area contributed by atoms with E-state index in [0.29, 0.717) is 10.0 Å². The van der Waals surface area contributed by atoms with E-state index in [9.17, 15) is 9.50 Å². The summed E-state index contributed by atoms with van der Waals surface area (Å²) in [6, 6.07) is 9.67. The van der Waals surface area contributed by atoms with Crippen molar-refractivity contribution >= 4 is 15.9 Å². The molecule has 0 aliphatic heterocycles. The summed E-state index contributed by atoms with van der Waals surface area (Å²) in [5, 5.41) is 10.4. The lowest BCUT2D eigenvalue weighted by molar-refractivity contribution is 0.218. The molecule has 0 saturated carbocycles. The van der Waals surface area contributed by atoms with Gasteiger partial charge in [0, 0.05) is 10.0 Å². The molecule has 1 N–H and O–H groups in total. The molecule has 19 heavy (non-hydrogen) atoms. The first-order chi connectivity index (χ1) is 9.02. The van der Waals surface area contributed by atoms with E-state index in [-0.39, 0.29) is 5.82 Å². The number of rotatable bonds is 3. The van der Waals surface area contributed by atoms with Crippen LogP contribution in [0.2, 0.25) is 0 Å². The highest BCUT2D eigenvalue weighted by Crippen LogP contribution is 2.32. The van der Waals surface area contributed by atoms with Gasteiger partial charge in [0.2, 0.25) is 0 Å². The molecule has 0 bridgehead atoms. The Morgan fingerprint density at radius 2 is 1.89 bits per heavy atom. The van der Waals surface area contributed by atoms with E-state index in [1.165, 1.54) is 12.1 Å². The van der Waals surface area contributed by atoms with Gasteiger partial charge in [0.05, 0.1) is 7.11 Å². The predicted octanol–water partition coefficient (Wildman–Crippen LogP) is 3.99. The molecule has 0 radical (unpaired) electrons. The molecule has 0 fully saturated rings. The summed E-state index contributed by atoms with van der Waals surface area (Å²) >= 11 is 3.33. The van der Waals surface area contributed by atoms with E-state index in [1.807, 2.05) is 13.0 Å². The number of halogens is 2. The molecule has 0 heterocycles. The van der Waals surface area contributed by atoms with E-state index in [4.69, 9.17) is 4.74 Å². The molecule has 0 aliphatic carbocycles. The molecule has 0 spiro atoms. The van der Waals surface area contributed by atoms with Crippen molar-refractivity contribution in [2.24, 2.45) is 0 Å². The maximum atomic E-state index is 13.3. The summed E-state index contributed by atoms with van der Waals surface area (Å²) in [6.45, 7) is 1.88. The number of hydrogen-bond donors (Lipinski definition) is 1. The van der Waals surface area contributed by atoms with Crippen LogP contribution in [0.3, 0.4) is 0 Å². The lowest BCUT2D eigenvalue weighted by Gasteiger charge is -2.16. The number of aryl methyl sites for hydroxylation is 1. The fourth-order valence-corrected chi connectivity index (χ4v) is 2.44. The average molecular weight is 325 g/mol. The molecule has 2 nitrogen and oxygen atoms in total. The van der Waals surface area contributed by atoms with Crippen LogP contribution in [0.1, 0.15) is 22.8 Å². The van der Waals surface area contributed by atoms with Crippen molar-refractivity contribution in [1.29, 1.82) is 0 Å². The van der Waals surface area contributed by atoms with Gasteiger partial charge in [-0.2, -0.15) is 0 Å². The molecule has 0 saturated heterocycles. The van der Waals surface area contributed by atoms with Crippen LogP contribution in [0, 0.1) is 12.7 Å². The average Bonchev–Trinajstić information content (AvgIpc) is 2.40. The molecule has 0 aromatic heterocycles. The fraction of sp³-hybridized carbons (Fsp3) is 0.200. The third kappa shape index (κ3) is 2.96. The maximum Gasteiger partial charge on any atom is 0.123 e. The molecule has 1 atom stereocenters. The molecule has 0 aliphatic rings. The summed E-state index contributed by atoms with van der Waals surface area (Å²) in [7, 11) is 1.59. The second kappa shape index (κ2) is 5.72. The van der Waals surface area contributed by atoms with Crippen molar-refractivity contribution in [3.63, 3.8) is 0 Å². The minimum absolute atomic E-state index is 0.372. The number of methoxy groups -OCH3 is 1. The number of ether oxygens (including phenoxy) is 1. The Morgan fingerprint density at radius 1 is 1.16 bits per heavy atom. The quantitative estimate of drug-likeness (QED) is 0.925. The normalized spacial score (nSPS) is 12.3. The van der Waals surface area contributed by atoms with Crippen LogP contribution in [0.15, 0.2) is 40.9 Å². The molecule has 2 aromatic rings. The van der Waals surface area contributed by atoms with E-state index in [0.717, 1.165) is 16.9 Å². The molecule has 2 aromatic carbocycles. The largest absolute Gasteiger partial charge is 0.497 e. The number of aliphatic hydroxyl groups excluding tert-OH is 1. The van der Waals surface area contributed by atoms with Gasteiger partial charge in [0.1, 0.15) is 17.7 Å². The summed E-state index contributed by atoms with van der Waals surface area (Å²) in [5.41, 5.74) is 2.13. The maximum absolute atomic E-state index is 13.3. The third-order valence-corrected chi connectivity index (χ3v) is 3.75. The SMILES string of the molecule is COc1ccc(C(O)c2cc(F)ccc2Br)c(C)c1. The van der Waals surface area contributed by atoms with E-state index < -0.39 is 6.10 Å². The lowest BCUT2D eigenvalue weighted by Crippen LogP contribution is -2.03. The monoisotopic (exact) mass is 324 g/mol. The Morgan fingerprint density at radius 3 is 2.53 bits per heavy atom. The zero-order valence-electron chi connectivity index (χ0n) is 10.7. The van der Waals surface area contributed by atoms with Crippen LogP contribution < -0.4 is 4.74 Å². The second-order valence-electron chi connectivity index (χ2n) is 4.29. The Hall–Kier alpha value is -1.39. The van der Waals surface area contributed by atoms with Crippen LogP contribution in [-0.4, -0.2) is 12.2 Å². The molecular formula is C15H14BrFO2. The Balaban J connectivity index is 2.43. The molecule has 2 rings (SSSR count). The van der Waals surface area contributed by atoms with Crippen molar-refractivity contribution < 1.29 is 14.2 Å². The van der Waals surface area contributed by atoms with E-state index in [2.05, 4.69) is 15.9 Å².